The molecule has 2 bridgehead atoms. The number of nitrogens with zero attached hydrogens (tertiary/aromatic N) is 1. The van der Waals surface area contributed by atoms with Gasteiger partial charge in [-0.15, -0.1) is 0 Å². The van der Waals surface area contributed by atoms with Crippen molar-refractivity contribution in [3.05, 3.63) is 11.8 Å². The zero-order valence-electron chi connectivity index (χ0n) is 11.4. The molecule has 2 rings (SSSR count). The van der Waals surface area contributed by atoms with Crippen LogP contribution in [0.25, 0.3) is 0 Å². The Labute approximate surface area is 98.9 Å². The molecule has 90 valence electrons. The van der Waals surface area contributed by atoms with E-state index in [9.17, 15) is 4.79 Å². The monoisotopic (exact) mass is 222 g/mol. The van der Waals surface area contributed by atoms with Crippen LogP contribution in [0.1, 0.15) is 33.6 Å². The van der Waals surface area contributed by atoms with Crippen LogP contribution in [-0.4, -0.2) is 31.4 Å². The molecule has 2 aliphatic rings. The third-order valence-electron chi connectivity index (χ3n) is 4.89. The highest BCUT2D eigenvalue weighted by molar-refractivity contribution is 6.04. The average Bonchev–Trinajstić information content (AvgIpc) is 2.38. The lowest BCUT2D eigenvalue weighted by atomic mass is 9.70. The van der Waals surface area contributed by atoms with Crippen molar-refractivity contribution in [2.75, 3.05) is 21.1 Å². The summed E-state index contributed by atoms with van der Waals surface area (Å²) in [5.74, 6) is 0.879. The molecule has 0 aliphatic heterocycles. The first-order chi connectivity index (χ1) is 7.09. The number of Topliss-reactive ketones (excluding diaryl/α,β-unsaturated/α-hetero) is 1. The standard InChI is InChI=1S/C14H24NO/c1-13(2)11-7-8-14(13,3)12(16)10(11)9-15(4,5)6/h9,11H,7-8H2,1-6H3/q+1/b10-9-/t11-,14-/m1/s1. The number of carbonyl (C=O) groups is 1. The minimum atomic E-state index is -0.112. The Balaban J connectivity index is 2.49. The fourth-order valence-electron chi connectivity index (χ4n) is 3.49. The predicted octanol–water partition coefficient (Wildman–Crippen LogP) is 2.60. The molecule has 2 heteroatoms. The van der Waals surface area contributed by atoms with E-state index in [2.05, 4.69) is 48.1 Å². The second kappa shape index (κ2) is 2.98. The Bertz CT molecular complexity index is 373. The van der Waals surface area contributed by atoms with E-state index in [0.717, 1.165) is 16.5 Å². The molecule has 0 spiro atoms. The van der Waals surface area contributed by atoms with Gasteiger partial charge in [0.2, 0.25) is 0 Å². The van der Waals surface area contributed by atoms with Crippen LogP contribution in [0.3, 0.4) is 0 Å². The van der Waals surface area contributed by atoms with Gasteiger partial charge in [-0.1, -0.05) is 20.8 Å². The van der Waals surface area contributed by atoms with Gasteiger partial charge in [0.15, 0.2) is 5.78 Å². The number of fused-ring (bicyclic) bond motifs is 2. The first kappa shape index (κ1) is 11.8. The fourth-order valence-corrected chi connectivity index (χ4v) is 3.49. The third-order valence-corrected chi connectivity index (χ3v) is 4.89. The van der Waals surface area contributed by atoms with E-state index in [1.807, 2.05) is 0 Å². The Morgan fingerprint density at radius 1 is 1.25 bits per heavy atom. The number of carbonyl (C=O) groups excluding carboxylic acids is 1. The van der Waals surface area contributed by atoms with Crippen LogP contribution in [0.2, 0.25) is 0 Å². The Hall–Kier alpha value is -0.630. The van der Waals surface area contributed by atoms with E-state index in [1.165, 1.54) is 6.42 Å². The molecule has 16 heavy (non-hydrogen) atoms. The Kier molecular flexibility index (Phi) is 2.20. The number of rotatable bonds is 1. The van der Waals surface area contributed by atoms with Crippen molar-refractivity contribution in [2.24, 2.45) is 16.7 Å². The minimum Gasteiger partial charge on any atom is -0.304 e. The summed E-state index contributed by atoms with van der Waals surface area (Å²) in [6.07, 6.45) is 4.40. The van der Waals surface area contributed by atoms with Crippen molar-refractivity contribution in [2.45, 2.75) is 33.6 Å². The van der Waals surface area contributed by atoms with Gasteiger partial charge in [0.05, 0.1) is 26.7 Å². The van der Waals surface area contributed by atoms with Gasteiger partial charge in [-0.25, -0.2) is 0 Å². The third kappa shape index (κ3) is 1.32. The lowest BCUT2D eigenvalue weighted by molar-refractivity contribution is -0.817. The molecule has 2 aliphatic carbocycles. The number of ketones is 1. The largest absolute Gasteiger partial charge is 0.304 e. The summed E-state index contributed by atoms with van der Waals surface area (Å²) in [6.45, 7) is 6.68. The quantitative estimate of drug-likeness (QED) is 0.492. The molecule has 0 radical (unpaired) electrons. The molecule has 2 fully saturated rings. The smallest absolute Gasteiger partial charge is 0.170 e. The van der Waals surface area contributed by atoms with Crippen LogP contribution >= 0.6 is 0 Å². The van der Waals surface area contributed by atoms with Gasteiger partial charge < -0.3 is 4.48 Å². The molecule has 0 aromatic heterocycles. The first-order valence-corrected chi connectivity index (χ1v) is 6.18. The van der Waals surface area contributed by atoms with Gasteiger partial charge in [-0.2, -0.15) is 0 Å². The van der Waals surface area contributed by atoms with Crippen molar-refractivity contribution < 1.29 is 9.28 Å². The molecule has 0 amide bonds. The second-order valence-corrected chi connectivity index (χ2v) is 7.17. The van der Waals surface area contributed by atoms with E-state index in [0.29, 0.717) is 11.7 Å². The summed E-state index contributed by atoms with van der Waals surface area (Å²) >= 11 is 0. The van der Waals surface area contributed by atoms with E-state index in [1.54, 1.807) is 0 Å². The van der Waals surface area contributed by atoms with E-state index < -0.39 is 0 Å². The van der Waals surface area contributed by atoms with Crippen molar-refractivity contribution in [1.29, 1.82) is 0 Å². The first-order valence-electron chi connectivity index (χ1n) is 6.18. The summed E-state index contributed by atoms with van der Waals surface area (Å²) in [6, 6.07) is 0. The molecule has 0 heterocycles. The molecule has 2 saturated carbocycles. The highest BCUT2D eigenvalue weighted by Crippen LogP contribution is 2.65. The maximum Gasteiger partial charge on any atom is 0.170 e. The van der Waals surface area contributed by atoms with Gasteiger partial charge >= 0.3 is 0 Å². The molecule has 0 unspecified atom stereocenters. The normalized spacial score (nSPS) is 39.8. The van der Waals surface area contributed by atoms with Gasteiger partial charge in [-0.3, -0.25) is 4.79 Å². The van der Waals surface area contributed by atoms with Crippen molar-refractivity contribution in [3.63, 3.8) is 0 Å². The highest BCUT2D eigenvalue weighted by Gasteiger charge is 2.64. The van der Waals surface area contributed by atoms with Crippen LogP contribution in [0.15, 0.2) is 11.8 Å². The second-order valence-electron chi connectivity index (χ2n) is 7.17. The summed E-state index contributed by atoms with van der Waals surface area (Å²) < 4.78 is 0.740. The molecule has 2 nitrogen and oxygen atoms in total. The summed E-state index contributed by atoms with van der Waals surface area (Å²) in [5, 5.41) is 0. The van der Waals surface area contributed by atoms with E-state index in [4.69, 9.17) is 0 Å². The topological polar surface area (TPSA) is 17.1 Å². The van der Waals surface area contributed by atoms with Crippen molar-refractivity contribution in [1.82, 2.24) is 0 Å². The number of hydrogen-bond donors (Lipinski definition) is 0. The molecule has 0 aromatic carbocycles. The van der Waals surface area contributed by atoms with Crippen LogP contribution in [0, 0.1) is 16.7 Å². The maximum atomic E-state index is 12.5. The van der Waals surface area contributed by atoms with Gasteiger partial charge in [-0.05, 0) is 24.2 Å². The molecule has 2 atom stereocenters. The average molecular weight is 222 g/mol. The van der Waals surface area contributed by atoms with Crippen LogP contribution in [0.4, 0.5) is 0 Å². The zero-order valence-corrected chi connectivity index (χ0v) is 11.4. The lowest BCUT2D eigenvalue weighted by Crippen LogP contribution is -2.33. The number of hydrogen-bond acceptors (Lipinski definition) is 1. The van der Waals surface area contributed by atoms with Crippen LogP contribution in [-0.2, 0) is 4.79 Å². The molecule has 0 aromatic rings. The maximum absolute atomic E-state index is 12.5. The fraction of sp³-hybridized carbons (Fsp3) is 0.786. The Morgan fingerprint density at radius 2 is 1.81 bits per heavy atom. The van der Waals surface area contributed by atoms with Crippen LogP contribution < -0.4 is 0 Å². The summed E-state index contributed by atoms with van der Waals surface area (Å²) in [7, 11) is 6.34. The Morgan fingerprint density at radius 3 is 2.19 bits per heavy atom. The van der Waals surface area contributed by atoms with Crippen molar-refractivity contribution in [3.8, 4) is 0 Å². The number of quaternary nitrogens is 1. The molecule has 0 saturated heterocycles. The zero-order chi connectivity index (χ0) is 12.4. The SMILES string of the molecule is CC1(C)[C@@H]2CC[C@]1(C)C(=O)/C2=C\[N+](C)(C)C. The summed E-state index contributed by atoms with van der Waals surface area (Å²) in [4.78, 5) is 12.5. The molecular weight excluding hydrogens is 198 g/mol. The summed E-state index contributed by atoms with van der Waals surface area (Å²) in [5.41, 5.74) is 1.12. The van der Waals surface area contributed by atoms with E-state index in [-0.39, 0.29) is 10.8 Å². The van der Waals surface area contributed by atoms with E-state index >= 15 is 0 Å². The van der Waals surface area contributed by atoms with Crippen molar-refractivity contribution >= 4 is 5.78 Å². The lowest BCUT2D eigenvalue weighted by Gasteiger charge is -2.31. The minimum absolute atomic E-state index is 0.112. The van der Waals surface area contributed by atoms with Gasteiger partial charge in [0, 0.05) is 5.41 Å². The highest BCUT2D eigenvalue weighted by atomic mass is 16.1. The van der Waals surface area contributed by atoms with Gasteiger partial charge in [0.1, 0.15) is 6.20 Å². The number of allylic oxidation sites excluding steroid dienone is 1. The molecular formula is C14H24NO+. The predicted molar refractivity (Wildman–Crippen MR) is 65.7 cm³/mol. The van der Waals surface area contributed by atoms with Gasteiger partial charge in [0.25, 0.3) is 0 Å². The molecule has 0 N–H and O–H groups in total. The van der Waals surface area contributed by atoms with Crippen LogP contribution in [0.5, 0.6) is 0 Å².